The molecule has 0 heterocycles. The van der Waals surface area contributed by atoms with E-state index in [-0.39, 0.29) is 30.3 Å². The number of carbonyl (C=O) groups excluding carboxylic acids is 2. The lowest BCUT2D eigenvalue weighted by molar-refractivity contribution is -0.134. The summed E-state index contributed by atoms with van der Waals surface area (Å²) < 4.78 is 5.07. The lowest BCUT2D eigenvalue weighted by Gasteiger charge is -2.23. The van der Waals surface area contributed by atoms with E-state index in [0.717, 1.165) is 11.3 Å². The van der Waals surface area contributed by atoms with Crippen molar-refractivity contribution in [2.24, 2.45) is 0 Å². The maximum Gasteiger partial charge on any atom is 0.240 e. The van der Waals surface area contributed by atoms with Crippen molar-refractivity contribution >= 4 is 11.8 Å². The summed E-state index contributed by atoms with van der Waals surface area (Å²) in [6, 6.07) is 7.32. The summed E-state index contributed by atoms with van der Waals surface area (Å²) in [7, 11) is 3.23. The molecule has 1 aromatic rings. The summed E-state index contributed by atoms with van der Waals surface area (Å²) >= 11 is 0. The minimum absolute atomic E-state index is 0.0618. The molecule has 2 amide bonds. The molecule has 0 atom stereocenters. The zero-order valence-corrected chi connectivity index (χ0v) is 13.4. The molecule has 1 N–H and O–H groups in total. The number of hydrogen-bond acceptors (Lipinski definition) is 3. The van der Waals surface area contributed by atoms with Crippen molar-refractivity contribution in [3.8, 4) is 5.75 Å². The predicted octanol–water partition coefficient (Wildman–Crippen LogP) is 1.61. The normalized spacial score (nSPS) is 10.9. The van der Waals surface area contributed by atoms with Crippen LogP contribution in [-0.2, 0) is 16.0 Å². The van der Waals surface area contributed by atoms with E-state index in [2.05, 4.69) is 5.32 Å². The number of hydrogen-bond donors (Lipinski definition) is 1. The molecule has 0 saturated carbocycles. The van der Waals surface area contributed by atoms with Crippen LogP contribution in [0.2, 0.25) is 0 Å². The lowest BCUT2D eigenvalue weighted by Crippen LogP contribution is -2.46. The van der Waals surface area contributed by atoms with Crippen LogP contribution < -0.4 is 10.1 Å². The van der Waals surface area contributed by atoms with Gasteiger partial charge in [0.1, 0.15) is 5.75 Å². The van der Waals surface area contributed by atoms with E-state index >= 15 is 0 Å². The lowest BCUT2D eigenvalue weighted by atomic mass is 10.1. The molecular weight excluding hydrogens is 268 g/mol. The van der Waals surface area contributed by atoms with E-state index in [9.17, 15) is 9.59 Å². The van der Waals surface area contributed by atoms with E-state index in [1.807, 2.05) is 45.0 Å². The first kappa shape index (κ1) is 17.0. The van der Waals surface area contributed by atoms with Crippen molar-refractivity contribution in [1.29, 1.82) is 0 Å². The zero-order valence-electron chi connectivity index (χ0n) is 13.4. The van der Waals surface area contributed by atoms with Crippen LogP contribution in [0.25, 0.3) is 0 Å². The van der Waals surface area contributed by atoms with Crippen LogP contribution in [0.3, 0.4) is 0 Å². The number of benzene rings is 1. The Balaban J connectivity index is 2.52. The third-order valence-corrected chi connectivity index (χ3v) is 2.84. The second kappa shape index (κ2) is 7.11. The molecule has 0 aliphatic rings. The number of ether oxygens (including phenoxy) is 1. The molecule has 0 aromatic heterocycles. The van der Waals surface area contributed by atoms with Gasteiger partial charge in [0.2, 0.25) is 11.8 Å². The Labute approximate surface area is 126 Å². The number of amides is 2. The number of carbonyl (C=O) groups is 2. The van der Waals surface area contributed by atoms with E-state index in [1.165, 1.54) is 4.90 Å². The smallest absolute Gasteiger partial charge is 0.240 e. The first-order chi connectivity index (χ1) is 9.71. The molecule has 0 spiro atoms. The molecule has 0 aliphatic heterocycles. The molecule has 5 heteroatoms. The number of likely N-dealkylation sites (N-methyl/N-ethyl adjacent to an activating group) is 1. The van der Waals surface area contributed by atoms with Crippen molar-refractivity contribution in [2.45, 2.75) is 32.7 Å². The van der Waals surface area contributed by atoms with Gasteiger partial charge in [-0.1, -0.05) is 12.1 Å². The minimum atomic E-state index is -0.295. The summed E-state index contributed by atoms with van der Waals surface area (Å²) in [5, 5.41) is 2.83. The van der Waals surface area contributed by atoms with Gasteiger partial charge in [-0.05, 0) is 38.5 Å². The van der Waals surface area contributed by atoms with Crippen LogP contribution in [0.1, 0.15) is 26.3 Å². The largest absolute Gasteiger partial charge is 0.497 e. The Kier molecular flexibility index (Phi) is 5.76. The zero-order chi connectivity index (χ0) is 16.0. The first-order valence-corrected chi connectivity index (χ1v) is 6.89. The van der Waals surface area contributed by atoms with Gasteiger partial charge < -0.3 is 15.0 Å². The summed E-state index contributed by atoms with van der Waals surface area (Å²) in [5.41, 5.74) is 0.598. The van der Waals surface area contributed by atoms with Gasteiger partial charge >= 0.3 is 0 Å². The minimum Gasteiger partial charge on any atom is -0.497 e. The van der Waals surface area contributed by atoms with Gasteiger partial charge in [-0.25, -0.2) is 0 Å². The van der Waals surface area contributed by atoms with Gasteiger partial charge in [0.25, 0.3) is 0 Å². The van der Waals surface area contributed by atoms with Gasteiger partial charge in [0.15, 0.2) is 0 Å². The average molecular weight is 292 g/mol. The van der Waals surface area contributed by atoms with Crippen LogP contribution in [0.15, 0.2) is 24.3 Å². The monoisotopic (exact) mass is 292 g/mol. The number of rotatable bonds is 5. The van der Waals surface area contributed by atoms with Crippen LogP contribution in [0.5, 0.6) is 5.75 Å². The molecule has 1 rings (SSSR count). The standard InChI is InChI=1S/C16H24N2O3/c1-16(2,3)17-14(19)11-18(4)15(20)10-12-6-8-13(21-5)9-7-12/h6-9H,10-11H2,1-5H3,(H,17,19). The molecule has 21 heavy (non-hydrogen) atoms. The molecule has 0 bridgehead atoms. The number of methoxy groups -OCH3 is 1. The van der Waals surface area contributed by atoms with Crippen molar-refractivity contribution in [2.75, 3.05) is 20.7 Å². The summed E-state index contributed by atoms with van der Waals surface area (Å²) in [4.78, 5) is 25.3. The van der Waals surface area contributed by atoms with Crippen LogP contribution in [0.4, 0.5) is 0 Å². The summed E-state index contributed by atoms with van der Waals surface area (Å²) in [6.45, 7) is 5.78. The Hall–Kier alpha value is -2.04. The maximum atomic E-state index is 12.1. The number of nitrogens with zero attached hydrogens (tertiary/aromatic N) is 1. The van der Waals surface area contributed by atoms with Gasteiger partial charge in [-0.15, -0.1) is 0 Å². The molecule has 1 aromatic carbocycles. The quantitative estimate of drug-likeness (QED) is 0.897. The highest BCUT2D eigenvalue weighted by Crippen LogP contribution is 2.12. The molecule has 0 fully saturated rings. The first-order valence-electron chi connectivity index (χ1n) is 6.89. The van der Waals surface area contributed by atoms with Crippen LogP contribution >= 0.6 is 0 Å². The molecular formula is C16H24N2O3. The van der Waals surface area contributed by atoms with E-state index < -0.39 is 0 Å². The van der Waals surface area contributed by atoms with Crippen molar-refractivity contribution in [1.82, 2.24) is 10.2 Å². The van der Waals surface area contributed by atoms with Crippen molar-refractivity contribution < 1.29 is 14.3 Å². The molecule has 0 unspecified atom stereocenters. The van der Waals surface area contributed by atoms with Gasteiger partial charge in [0.05, 0.1) is 20.1 Å². The molecule has 0 aliphatic carbocycles. The highest BCUT2D eigenvalue weighted by Gasteiger charge is 2.17. The highest BCUT2D eigenvalue weighted by molar-refractivity contribution is 5.85. The molecule has 5 nitrogen and oxygen atoms in total. The second-order valence-electron chi connectivity index (χ2n) is 6.07. The predicted molar refractivity (Wildman–Crippen MR) is 82.2 cm³/mol. The third kappa shape index (κ3) is 6.29. The fraction of sp³-hybridized carbons (Fsp3) is 0.500. The van der Waals surface area contributed by atoms with Crippen molar-refractivity contribution in [3.05, 3.63) is 29.8 Å². The fourth-order valence-corrected chi connectivity index (χ4v) is 1.81. The second-order valence-corrected chi connectivity index (χ2v) is 6.07. The van der Waals surface area contributed by atoms with E-state index in [1.54, 1.807) is 14.2 Å². The summed E-state index contributed by atoms with van der Waals surface area (Å²) in [6.07, 6.45) is 0.267. The van der Waals surface area contributed by atoms with Crippen molar-refractivity contribution in [3.63, 3.8) is 0 Å². The SMILES string of the molecule is COc1ccc(CC(=O)N(C)CC(=O)NC(C)(C)C)cc1. The molecule has 116 valence electrons. The van der Waals surface area contributed by atoms with E-state index in [4.69, 9.17) is 4.74 Å². The molecule has 0 radical (unpaired) electrons. The maximum absolute atomic E-state index is 12.1. The van der Waals surface area contributed by atoms with Gasteiger partial charge in [0, 0.05) is 12.6 Å². The van der Waals surface area contributed by atoms with Gasteiger partial charge in [-0.2, -0.15) is 0 Å². The van der Waals surface area contributed by atoms with Crippen LogP contribution in [-0.4, -0.2) is 43.0 Å². The molecule has 0 saturated heterocycles. The fourth-order valence-electron chi connectivity index (χ4n) is 1.81. The summed E-state index contributed by atoms with van der Waals surface area (Å²) in [5.74, 6) is 0.501. The Morgan fingerprint density at radius 1 is 1.19 bits per heavy atom. The van der Waals surface area contributed by atoms with Crippen LogP contribution in [0, 0.1) is 0 Å². The Morgan fingerprint density at radius 2 is 1.76 bits per heavy atom. The highest BCUT2D eigenvalue weighted by atomic mass is 16.5. The average Bonchev–Trinajstić information content (AvgIpc) is 2.37. The third-order valence-electron chi connectivity index (χ3n) is 2.84. The number of nitrogens with one attached hydrogen (secondary N) is 1. The van der Waals surface area contributed by atoms with Gasteiger partial charge in [-0.3, -0.25) is 9.59 Å². The Bertz CT molecular complexity index is 489. The Morgan fingerprint density at radius 3 is 2.24 bits per heavy atom. The topological polar surface area (TPSA) is 58.6 Å². The van der Waals surface area contributed by atoms with E-state index in [0.29, 0.717) is 0 Å².